The fraction of sp³-hybridized carbons (Fsp3) is 0.476. The third-order valence-corrected chi connectivity index (χ3v) is 5.11. The molecule has 1 fully saturated rings. The third kappa shape index (κ3) is 4.91. The molecule has 1 saturated heterocycles. The van der Waals surface area contributed by atoms with Crippen LogP contribution in [0.25, 0.3) is 0 Å². The maximum atomic E-state index is 4.60. The van der Waals surface area contributed by atoms with E-state index in [9.17, 15) is 0 Å². The molecule has 0 radical (unpaired) electrons. The van der Waals surface area contributed by atoms with Crippen molar-refractivity contribution < 1.29 is 0 Å². The molecule has 2 aromatic heterocycles. The van der Waals surface area contributed by atoms with Gasteiger partial charge in [-0.15, -0.1) is 0 Å². The van der Waals surface area contributed by atoms with Gasteiger partial charge in [0.2, 0.25) is 0 Å². The number of aromatic nitrogens is 2. The van der Waals surface area contributed by atoms with Crippen molar-refractivity contribution in [2.45, 2.75) is 20.4 Å². The monoisotopic (exact) mass is 381 g/mol. The number of nitrogens with zero attached hydrogens (tertiary/aromatic N) is 6. The van der Waals surface area contributed by atoms with Crippen LogP contribution in [0.1, 0.15) is 19.4 Å². The Morgan fingerprint density at radius 1 is 1.07 bits per heavy atom. The van der Waals surface area contributed by atoms with E-state index in [1.54, 1.807) is 0 Å². The van der Waals surface area contributed by atoms with Crippen LogP contribution in [0.15, 0.2) is 47.7 Å². The van der Waals surface area contributed by atoms with Crippen LogP contribution in [0.4, 0.5) is 11.6 Å². The summed E-state index contributed by atoms with van der Waals surface area (Å²) < 4.78 is 0. The lowest BCUT2D eigenvalue weighted by atomic mass is 10.2. The standard InChI is InChI=1S/C21H31N7/c1-4-26(5-2)20-10-9-18(16-24-20)17-25-21(22-3)28-14-12-27(13-15-28)19-8-6-7-11-23-19/h6-11,16H,4-5,12-15,17H2,1-3H3,(H,22,25). The minimum Gasteiger partial charge on any atom is -0.357 e. The quantitative estimate of drug-likeness (QED) is 0.612. The number of guanidine groups is 1. The van der Waals surface area contributed by atoms with Crippen LogP contribution in [-0.2, 0) is 6.54 Å². The Morgan fingerprint density at radius 2 is 1.86 bits per heavy atom. The highest BCUT2D eigenvalue weighted by Crippen LogP contribution is 2.13. The molecule has 1 N–H and O–H groups in total. The first-order valence-electron chi connectivity index (χ1n) is 10.1. The van der Waals surface area contributed by atoms with Crippen molar-refractivity contribution in [1.82, 2.24) is 20.2 Å². The van der Waals surface area contributed by atoms with E-state index >= 15 is 0 Å². The molecule has 0 aromatic carbocycles. The number of anilines is 2. The summed E-state index contributed by atoms with van der Waals surface area (Å²) in [5.74, 6) is 3.02. The van der Waals surface area contributed by atoms with E-state index in [4.69, 9.17) is 0 Å². The lowest BCUT2D eigenvalue weighted by Crippen LogP contribution is -2.52. The van der Waals surface area contributed by atoms with Gasteiger partial charge >= 0.3 is 0 Å². The Hall–Kier alpha value is -2.83. The molecule has 7 heteroatoms. The van der Waals surface area contributed by atoms with Crippen LogP contribution >= 0.6 is 0 Å². The Balaban J connectivity index is 1.51. The average Bonchev–Trinajstić information content (AvgIpc) is 2.77. The second-order valence-corrected chi connectivity index (χ2v) is 6.76. The van der Waals surface area contributed by atoms with Gasteiger partial charge in [0.1, 0.15) is 11.6 Å². The van der Waals surface area contributed by atoms with Gasteiger partial charge in [-0.25, -0.2) is 9.97 Å². The van der Waals surface area contributed by atoms with Gasteiger partial charge in [-0.1, -0.05) is 12.1 Å². The number of hydrogen-bond acceptors (Lipinski definition) is 5. The summed E-state index contributed by atoms with van der Waals surface area (Å²) in [7, 11) is 1.84. The number of piperazine rings is 1. The predicted octanol–water partition coefficient (Wildman–Crippen LogP) is 2.22. The van der Waals surface area contributed by atoms with Crippen molar-refractivity contribution in [3.63, 3.8) is 0 Å². The molecule has 3 rings (SSSR count). The Kier molecular flexibility index (Phi) is 7.06. The molecule has 0 saturated carbocycles. The Labute approximate surface area is 168 Å². The number of hydrogen-bond donors (Lipinski definition) is 1. The van der Waals surface area contributed by atoms with Crippen LogP contribution in [0.5, 0.6) is 0 Å². The Bertz CT molecular complexity index is 733. The van der Waals surface area contributed by atoms with Crippen LogP contribution in [0, 0.1) is 0 Å². The smallest absolute Gasteiger partial charge is 0.194 e. The highest BCUT2D eigenvalue weighted by atomic mass is 15.4. The zero-order valence-corrected chi connectivity index (χ0v) is 17.2. The van der Waals surface area contributed by atoms with Gasteiger partial charge in [0.15, 0.2) is 5.96 Å². The second kappa shape index (κ2) is 9.92. The third-order valence-electron chi connectivity index (χ3n) is 5.11. The SMILES string of the molecule is CCN(CC)c1ccc(CNC(=NC)N2CCN(c3ccccn3)CC2)cn1. The van der Waals surface area contributed by atoms with E-state index in [1.807, 2.05) is 31.6 Å². The molecule has 28 heavy (non-hydrogen) atoms. The summed E-state index contributed by atoms with van der Waals surface area (Å²) in [6, 6.07) is 10.3. The fourth-order valence-corrected chi connectivity index (χ4v) is 3.46. The topological polar surface area (TPSA) is 59.9 Å². The zero-order valence-electron chi connectivity index (χ0n) is 17.2. The lowest BCUT2D eigenvalue weighted by molar-refractivity contribution is 0.371. The molecular weight excluding hydrogens is 350 g/mol. The number of rotatable bonds is 6. The van der Waals surface area contributed by atoms with Crippen LogP contribution in [-0.4, -0.2) is 67.1 Å². The van der Waals surface area contributed by atoms with E-state index in [0.717, 1.165) is 69.0 Å². The molecule has 0 aliphatic carbocycles. The van der Waals surface area contributed by atoms with E-state index in [2.05, 4.69) is 67.0 Å². The second-order valence-electron chi connectivity index (χ2n) is 6.76. The summed E-state index contributed by atoms with van der Waals surface area (Å²) in [5.41, 5.74) is 1.16. The molecule has 0 atom stereocenters. The first-order valence-corrected chi connectivity index (χ1v) is 10.1. The lowest BCUT2D eigenvalue weighted by Gasteiger charge is -2.37. The summed E-state index contributed by atoms with van der Waals surface area (Å²) in [4.78, 5) is 20.4. The van der Waals surface area contributed by atoms with E-state index in [1.165, 1.54) is 0 Å². The average molecular weight is 382 g/mol. The molecule has 0 spiro atoms. The maximum Gasteiger partial charge on any atom is 0.194 e. The summed E-state index contributed by atoms with van der Waals surface area (Å²) in [6.07, 6.45) is 3.80. The van der Waals surface area contributed by atoms with Gasteiger partial charge in [-0.05, 0) is 37.6 Å². The van der Waals surface area contributed by atoms with Crippen LogP contribution in [0.3, 0.4) is 0 Å². The highest BCUT2D eigenvalue weighted by molar-refractivity contribution is 5.80. The summed E-state index contributed by atoms with van der Waals surface area (Å²) in [6.45, 7) is 10.7. The van der Waals surface area contributed by atoms with Gasteiger partial charge in [-0.2, -0.15) is 0 Å². The molecular formula is C21H31N7. The summed E-state index contributed by atoms with van der Waals surface area (Å²) >= 11 is 0. The Morgan fingerprint density at radius 3 is 2.43 bits per heavy atom. The summed E-state index contributed by atoms with van der Waals surface area (Å²) in [5, 5.41) is 3.47. The molecule has 7 nitrogen and oxygen atoms in total. The molecule has 0 amide bonds. The van der Waals surface area contributed by atoms with Crippen molar-refractivity contribution >= 4 is 17.6 Å². The van der Waals surface area contributed by atoms with Crippen molar-refractivity contribution in [2.24, 2.45) is 4.99 Å². The van der Waals surface area contributed by atoms with E-state index in [0.29, 0.717) is 0 Å². The molecule has 0 bridgehead atoms. The van der Waals surface area contributed by atoms with Crippen LogP contribution in [0.2, 0.25) is 0 Å². The molecule has 0 unspecified atom stereocenters. The van der Waals surface area contributed by atoms with Gasteiger partial charge in [-0.3, -0.25) is 4.99 Å². The first-order chi connectivity index (χ1) is 13.7. The minimum atomic E-state index is 0.721. The molecule has 2 aromatic rings. The largest absolute Gasteiger partial charge is 0.357 e. The van der Waals surface area contributed by atoms with Gasteiger partial charge in [0.25, 0.3) is 0 Å². The van der Waals surface area contributed by atoms with Crippen molar-refractivity contribution in [3.05, 3.63) is 48.3 Å². The fourth-order valence-electron chi connectivity index (χ4n) is 3.46. The highest BCUT2D eigenvalue weighted by Gasteiger charge is 2.20. The first kappa shape index (κ1) is 19.9. The normalized spacial score (nSPS) is 14.9. The van der Waals surface area contributed by atoms with Crippen molar-refractivity contribution in [3.8, 4) is 0 Å². The number of aliphatic imine (C=N–C) groups is 1. The van der Waals surface area contributed by atoms with Crippen molar-refractivity contribution in [2.75, 3.05) is 56.1 Å². The zero-order chi connectivity index (χ0) is 19.8. The van der Waals surface area contributed by atoms with Gasteiger partial charge in [0, 0.05) is 65.3 Å². The van der Waals surface area contributed by atoms with Gasteiger partial charge in [0.05, 0.1) is 0 Å². The maximum absolute atomic E-state index is 4.60. The van der Waals surface area contributed by atoms with Crippen LogP contribution < -0.4 is 15.1 Å². The van der Waals surface area contributed by atoms with Crippen molar-refractivity contribution in [1.29, 1.82) is 0 Å². The molecule has 1 aliphatic heterocycles. The predicted molar refractivity (Wildman–Crippen MR) is 116 cm³/mol. The number of nitrogens with one attached hydrogen (secondary N) is 1. The molecule has 3 heterocycles. The van der Waals surface area contributed by atoms with E-state index < -0.39 is 0 Å². The molecule has 1 aliphatic rings. The van der Waals surface area contributed by atoms with Gasteiger partial charge < -0.3 is 20.0 Å². The molecule has 150 valence electrons. The van der Waals surface area contributed by atoms with E-state index in [-0.39, 0.29) is 0 Å². The minimum absolute atomic E-state index is 0.721. The number of pyridine rings is 2.